The number of carbonyl (C=O) groups excluding carboxylic acids is 1. The van der Waals surface area contributed by atoms with Crippen LogP contribution in [0, 0.1) is 11.8 Å². The summed E-state index contributed by atoms with van der Waals surface area (Å²) in [5, 5.41) is 31.1. The van der Waals surface area contributed by atoms with E-state index in [1.807, 2.05) is 13.8 Å². The van der Waals surface area contributed by atoms with E-state index in [2.05, 4.69) is 19.1 Å². The summed E-state index contributed by atoms with van der Waals surface area (Å²) in [5.41, 5.74) is 0. The minimum Gasteiger partial charge on any atom is -0.463 e. The third kappa shape index (κ3) is 13.0. The number of carbonyl (C=O) groups is 1. The monoisotopic (exact) mass is 454 g/mol. The molecule has 1 aliphatic carbocycles. The Labute approximate surface area is 196 Å². The van der Waals surface area contributed by atoms with Gasteiger partial charge in [-0.2, -0.15) is 0 Å². The first-order valence-electron chi connectivity index (χ1n) is 13.2. The lowest BCUT2D eigenvalue weighted by Gasteiger charge is -2.23. The number of hydrogen-bond acceptors (Lipinski definition) is 5. The second-order valence-electron chi connectivity index (χ2n) is 9.98. The predicted octanol–water partition coefficient (Wildman–Crippen LogP) is 5.69. The maximum atomic E-state index is 11.5. The van der Waals surface area contributed by atoms with Crippen molar-refractivity contribution < 1.29 is 24.9 Å². The Kier molecular flexibility index (Phi) is 16.0. The molecule has 0 heterocycles. The Morgan fingerprint density at radius 2 is 1.62 bits per heavy atom. The van der Waals surface area contributed by atoms with Crippen LogP contribution in [0.2, 0.25) is 0 Å². The highest BCUT2D eigenvalue weighted by atomic mass is 16.5. The molecule has 0 bridgehead atoms. The number of esters is 1. The van der Waals surface area contributed by atoms with Gasteiger partial charge < -0.3 is 20.1 Å². The van der Waals surface area contributed by atoms with Crippen molar-refractivity contribution in [2.24, 2.45) is 11.8 Å². The molecule has 5 heteroatoms. The SMILES string of the molecule is CCCCCCC[C@@H](O)CC[C@@H]1[C@@H](C/C=C\CCCCCC(=O)OC(C)C)[C@H](O)C[C@H]1O. The molecule has 1 fully saturated rings. The molecule has 0 spiro atoms. The van der Waals surface area contributed by atoms with Crippen LogP contribution in [0.15, 0.2) is 12.2 Å². The van der Waals surface area contributed by atoms with E-state index >= 15 is 0 Å². The highest BCUT2D eigenvalue weighted by Gasteiger charge is 2.40. The van der Waals surface area contributed by atoms with E-state index in [-0.39, 0.29) is 30.0 Å². The Bertz CT molecular complexity index is 504. The Morgan fingerprint density at radius 3 is 2.34 bits per heavy atom. The van der Waals surface area contributed by atoms with Crippen LogP contribution in [0.25, 0.3) is 0 Å². The zero-order valence-electron chi connectivity index (χ0n) is 20.9. The molecule has 1 aliphatic rings. The molecule has 0 saturated heterocycles. The Hall–Kier alpha value is -0.910. The van der Waals surface area contributed by atoms with Crippen molar-refractivity contribution in [2.45, 2.75) is 141 Å². The van der Waals surface area contributed by atoms with Crippen LogP contribution in [0.1, 0.15) is 117 Å². The first-order chi connectivity index (χ1) is 15.3. The molecular weight excluding hydrogens is 404 g/mol. The average Bonchev–Trinajstić information content (AvgIpc) is 3.00. The summed E-state index contributed by atoms with van der Waals surface area (Å²) >= 11 is 0. The molecule has 3 N–H and O–H groups in total. The number of hydrogen-bond donors (Lipinski definition) is 3. The lowest BCUT2D eigenvalue weighted by molar-refractivity contribution is -0.147. The fourth-order valence-corrected chi connectivity index (χ4v) is 4.82. The fraction of sp³-hybridized carbons (Fsp3) is 0.889. The van der Waals surface area contributed by atoms with Crippen LogP contribution >= 0.6 is 0 Å². The van der Waals surface area contributed by atoms with E-state index in [9.17, 15) is 20.1 Å². The van der Waals surface area contributed by atoms with Gasteiger partial charge in [0.15, 0.2) is 0 Å². The summed E-state index contributed by atoms with van der Waals surface area (Å²) in [4.78, 5) is 11.5. The zero-order valence-corrected chi connectivity index (χ0v) is 20.9. The second kappa shape index (κ2) is 17.6. The molecule has 0 amide bonds. The molecule has 0 aromatic carbocycles. The van der Waals surface area contributed by atoms with E-state index < -0.39 is 12.2 Å². The third-order valence-electron chi connectivity index (χ3n) is 6.69. The number of rotatable bonds is 18. The van der Waals surface area contributed by atoms with E-state index in [0.29, 0.717) is 19.3 Å². The average molecular weight is 455 g/mol. The lowest BCUT2D eigenvalue weighted by Crippen LogP contribution is -2.23. The van der Waals surface area contributed by atoms with Gasteiger partial charge in [0.05, 0.1) is 24.4 Å². The molecule has 188 valence electrons. The summed E-state index contributed by atoms with van der Waals surface area (Å²) in [7, 11) is 0. The summed E-state index contributed by atoms with van der Waals surface area (Å²) in [5.74, 6) is 0.0251. The molecule has 5 atom stereocenters. The number of aliphatic hydroxyl groups is 3. The van der Waals surface area contributed by atoms with E-state index in [1.165, 1.54) is 25.7 Å². The predicted molar refractivity (Wildman–Crippen MR) is 130 cm³/mol. The van der Waals surface area contributed by atoms with Crippen molar-refractivity contribution in [1.82, 2.24) is 0 Å². The summed E-state index contributed by atoms with van der Waals surface area (Å²) in [6, 6.07) is 0. The van der Waals surface area contributed by atoms with Crippen molar-refractivity contribution in [1.29, 1.82) is 0 Å². The minimum absolute atomic E-state index is 0.0440. The van der Waals surface area contributed by atoms with Gasteiger partial charge in [0.25, 0.3) is 0 Å². The highest BCUT2D eigenvalue weighted by Crippen LogP contribution is 2.38. The van der Waals surface area contributed by atoms with Gasteiger partial charge in [-0.1, -0.05) is 57.6 Å². The van der Waals surface area contributed by atoms with Gasteiger partial charge in [0.1, 0.15) is 0 Å². The molecule has 1 saturated carbocycles. The molecule has 0 aliphatic heterocycles. The van der Waals surface area contributed by atoms with Crippen LogP contribution < -0.4 is 0 Å². The maximum Gasteiger partial charge on any atom is 0.306 e. The summed E-state index contributed by atoms with van der Waals surface area (Å²) < 4.78 is 5.14. The number of allylic oxidation sites excluding steroid dienone is 2. The van der Waals surface area contributed by atoms with Crippen LogP contribution in [-0.4, -0.2) is 45.7 Å². The standard InChI is InChI=1S/C27H50O5/c1-4-5-6-9-12-15-22(28)18-19-24-23(25(29)20-26(24)30)16-13-10-7-8-11-14-17-27(31)32-21(2)3/h10,13,21-26,28-30H,4-9,11-12,14-20H2,1-3H3/b13-10-/t22-,23-,24-,25-,26-/m1/s1. The smallest absolute Gasteiger partial charge is 0.306 e. The van der Waals surface area contributed by atoms with Crippen molar-refractivity contribution in [3.63, 3.8) is 0 Å². The minimum atomic E-state index is -0.467. The van der Waals surface area contributed by atoms with Gasteiger partial charge in [0.2, 0.25) is 0 Å². The van der Waals surface area contributed by atoms with Gasteiger partial charge >= 0.3 is 5.97 Å². The first kappa shape index (κ1) is 29.1. The van der Waals surface area contributed by atoms with Crippen molar-refractivity contribution in [3.8, 4) is 0 Å². The number of ether oxygens (including phenoxy) is 1. The van der Waals surface area contributed by atoms with Crippen LogP contribution in [0.3, 0.4) is 0 Å². The van der Waals surface area contributed by atoms with Crippen LogP contribution in [0.4, 0.5) is 0 Å². The molecule has 5 nitrogen and oxygen atoms in total. The highest BCUT2D eigenvalue weighted by molar-refractivity contribution is 5.69. The molecule has 1 rings (SSSR count). The quantitative estimate of drug-likeness (QED) is 0.141. The molecule has 0 aromatic heterocycles. The van der Waals surface area contributed by atoms with Crippen LogP contribution in [-0.2, 0) is 9.53 Å². The van der Waals surface area contributed by atoms with E-state index in [4.69, 9.17) is 4.74 Å². The molecule has 0 radical (unpaired) electrons. The fourth-order valence-electron chi connectivity index (χ4n) is 4.82. The summed E-state index contributed by atoms with van der Waals surface area (Å²) in [6.45, 7) is 5.94. The normalized spacial score (nSPS) is 24.5. The number of unbranched alkanes of at least 4 members (excludes halogenated alkanes) is 7. The van der Waals surface area contributed by atoms with Crippen LogP contribution in [0.5, 0.6) is 0 Å². The van der Waals surface area contributed by atoms with Crippen molar-refractivity contribution >= 4 is 5.97 Å². The van der Waals surface area contributed by atoms with Crippen molar-refractivity contribution in [3.05, 3.63) is 12.2 Å². The van der Waals surface area contributed by atoms with E-state index in [1.54, 1.807) is 0 Å². The van der Waals surface area contributed by atoms with Crippen molar-refractivity contribution in [2.75, 3.05) is 0 Å². The third-order valence-corrected chi connectivity index (χ3v) is 6.69. The van der Waals surface area contributed by atoms with Gasteiger partial charge in [-0.05, 0) is 77.0 Å². The first-order valence-corrected chi connectivity index (χ1v) is 13.2. The van der Waals surface area contributed by atoms with Gasteiger partial charge in [-0.25, -0.2) is 0 Å². The maximum absolute atomic E-state index is 11.5. The summed E-state index contributed by atoms with van der Waals surface area (Å²) in [6.07, 6.45) is 16.9. The second-order valence-corrected chi connectivity index (χ2v) is 9.98. The zero-order chi connectivity index (χ0) is 23.8. The molecule has 0 aromatic rings. The Balaban J connectivity index is 2.23. The Morgan fingerprint density at radius 1 is 0.938 bits per heavy atom. The molecule has 0 unspecified atom stereocenters. The van der Waals surface area contributed by atoms with Gasteiger partial charge in [-0.3, -0.25) is 4.79 Å². The van der Waals surface area contributed by atoms with E-state index in [0.717, 1.165) is 51.4 Å². The van der Waals surface area contributed by atoms with Gasteiger partial charge in [0, 0.05) is 6.42 Å². The van der Waals surface area contributed by atoms with Gasteiger partial charge in [-0.15, -0.1) is 0 Å². The molecular formula is C27H50O5. The largest absolute Gasteiger partial charge is 0.463 e. The molecule has 32 heavy (non-hydrogen) atoms. The lowest BCUT2D eigenvalue weighted by atomic mass is 9.85. The topological polar surface area (TPSA) is 87.0 Å². The number of aliphatic hydroxyl groups excluding tert-OH is 3.